The molecule has 0 aliphatic carbocycles. The van der Waals surface area contributed by atoms with E-state index in [0.717, 1.165) is 10.8 Å². The molecule has 6 nitrogen and oxygen atoms in total. The molecule has 0 fully saturated rings. The highest BCUT2D eigenvalue weighted by Crippen LogP contribution is 2.25. The van der Waals surface area contributed by atoms with Gasteiger partial charge in [0.1, 0.15) is 10.8 Å². The molecular weight excluding hydrogens is 378 g/mol. The van der Waals surface area contributed by atoms with Crippen LogP contribution < -0.4 is 5.56 Å². The summed E-state index contributed by atoms with van der Waals surface area (Å²) >= 11 is 2.88. The van der Waals surface area contributed by atoms with Crippen molar-refractivity contribution in [1.29, 1.82) is 0 Å². The van der Waals surface area contributed by atoms with E-state index in [1.54, 1.807) is 23.0 Å². The third-order valence-electron chi connectivity index (χ3n) is 3.97. The minimum atomic E-state index is -0.101. The minimum Gasteiger partial charge on any atom is -0.268 e. The largest absolute Gasteiger partial charge is 0.268 e. The molecule has 0 radical (unpaired) electrons. The average Bonchev–Trinajstić information content (AvgIpc) is 3.17. The molecule has 0 aliphatic heterocycles. The number of hydrogen-bond acceptors (Lipinski definition) is 7. The van der Waals surface area contributed by atoms with Gasteiger partial charge >= 0.3 is 0 Å². The van der Waals surface area contributed by atoms with E-state index in [1.807, 2.05) is 30.3 Å². The molecule has 136 valence electrons. The predicted molar refractivity (Wildman–Crippen MR) is 109 cm³/mol. The van der Waals surface area contributed by atoms with Crippen LogP contribution in [0.25, 0.3) is 16.6 Å². The standard InChI is InChI=1S/C19H17N5OS2/c1-12(2)17-22-16(27-23-17)11-26-19-21-15-8-4-3-7-14(15)18(25)24(19)13-6-5-9-20-10-13/h3-10,12H,11H2,1-2H3. The lowest BCUT2D eigenvalue weighted by atomic mass is 10.2. The van der Waals surface area contributed by atoms with Gasteiger partial charge in [-0.05, 0) is 35.8 Å². The van der Waals surface area contributed by atoms with Crippen molar-refractivity contribution >= 4 is 34.2 Å². The topological polar surface area (TPSA) is 73.6 Å². The van der Waals surface area contributed by atoms with Crippen LogP contribution in [-0.2, 0) is 5.75 Å². The first-order valence-electron chi connectivity index (χ1n) is 8.51. The molecule has 0 bridgehead atoms. The number of benzene rings is 1. The highest BCUT2D eigenvalue weighted by Gasteiger charge is 2.15. The van der Waals surface area contributed by atoms with Crippen molar-refractivity contribution in [2.24, 2.45) is 0 Å². The second kappa shape index (κ2) is 7.58. The molecule has 0 saturated heterocycles. The maximum atomic E-state index is 13.1. The van der Waals surface area contributed by atoms with Crippen LogP contribution in [0.3, 0.4) is 0 Å². The van der Waals surface area contributed by atoms with Crippen molar-refractivity contribution in [1.82, 2.24) is 23.9 Å². The number of pyridine rings is 1. The van der Waals surface area contributed by atoms with Crippen LogP contribution >= 0.6 is 23.3 Å². The lowest BCUT2D eigenvalue weighted by molar-refractivity contribution is 0.794. The van der Waals surface area contributed by atoms with Gasteiger partial charge in [-0.1, -0.05) is 37.7 Å². The van der Waals surface area contributed by atoms with Crippen LogP contribution in [-0.4, -0.2) is 23.9 Å². The number of thioether (sulfide) groups is 1. The molecule has 8 heteroatoms. The van der Waals surface area contributed by atoms with Gasteiger partial charge in [0.2, 0.25) is 0 Å². The Hall–Kier alpha value is -2.58. The molecule has 3 heterocycles. The van der Waals surface area contributed by atoms with Gasteiger partial charge in [0, 0.05) is 12.1 Å². The third-order valence-corrected chi connectivity index (χ3v) is 5.83. The van der Waals surface area contributed by atoms with Crippen LogP contribution in [0.2, 0.25) is 0 Å². The van der Waals surface area contributed by atoms with E-state index >= 15 is 0 Å². The normalized spacial score (nSPS) is 11.4. The maximum absolute atomic E-state index is 13.1. The van der Waals surface area contributed by atoms with Crippen molar-refractivity contribution in [2.45, 2.75) is 30.7 Å². The highest BCUT2D eigenvalue weighted by atomic mass is 32.2. The predicted octanol–water partition coefficient (Wildman–Crippen LogP) is 4.05. The third kappa shape index (κ3) is 3.63. The van der Waals surface area contributed by atoms with E-state index in [4.69, 9.17) is 4.98 Å². The molecule has 0 atom stereocenters. The Kier molecular flexibility index (Phi) is 5.00. The Morgan fingerprint density at radius 1 is 1.15 bits per heavy atom. The first-order valence-corrected chi connectivity index (χ1v) is 10.3. The smallest absolute Gasteiger partial charge is 0.266 e. The zero-order valence-electron chi connectivity index (χ0n) is 14.9. The van der Waals surface area contributed by atoms with Gasteiger partial charge in [-0.2, -0.15) is 4.37 Å². The molecule has 4 rings (SSSR count). The van der Waals surface area contributed by atoms with E-state index in [9.17, 15) is 4.79 Å². The summed E-state index contributed by atoms with van der Waals surface area (Å²) in [6.45, 7) is 4.15. The van der Waals surface area contributed by atoms with Crippen LogP contribution in [0.4, 0.5) is 0 Å². The molecular formula is C19H17N5OS2. The fourth-order valence-electron chi connectivity index (χ4n) is 2.61. The number of hydrogen-bond donors (Lipinski definition) is 0. The summed E-state index contributed by atoms with van der Waals surface area (Å²) in [7, 11) is 0. The summed E-state index contributed by atoms with van der Waals surface area (Å²) in [4.78, 5) is 26.6. The number of para-hydroxylation sites is 1. The average molecular weight is 396 g/mol. The second-order valence-corrected chi connectivity index (χ2v) is 8.03. The van der Waals surface area contributed by atoms with Crippen LogP contribution in [0.1, 0.15) is 30.6 Å². The lowest BCUT2D eigenvalue weighted by Gasteiger charge is -2.12. The fourth-order valence-corrected chi connectivity index (χ4v) is 4.38. The molecule has 0 N–H and O–H groups in total. The number of nitrogens with zero attached hydrogens (tertiary/aromatic N) is 5. The molecule has 0 unspecified atom stereocenters. The Morgan fingerprint density at radius 2 is 2.00 bits per heavy atom. The van der Waals surface area contributed by atoms with Gasteiger partial charge in [0.15, 0.2) is 5.16 Å². The van der Waals surface area contributed by atoms with Gasteiger partial charge in [0.05, 0.1) is 28.5 Å². The molecule has 4 aromatic rings. The zero-order valence-corrected chi connectivity index (χ0v) is 16.5. The highest BCUT2D eigenvalue weighted by molar-refractivity contribution is 7.98. The van der Waals surface area contributed by atoms with Crippen LogP contribution in [0.5, 0.6) is 0 Å². The molecule has 27 heavy (non-hydrogen) atoms. The number of rotatable bonds is 5. The Bertz CT molecular complexity index is 1140. The van der Waals surface area contributed by atoms with Crippen molar-refractivity contribution in [3.05, 3.63) is 70.0 Å². The van der Waals surface area contributed by atoms with E-state index in [1.165, 1.54) is 23.3 Å². The molecule has 3 aromatic heterocycles. The quantitative estimate of drug-likeness (QED) is 0.375. The summed E-state index contributed by atoms with van der Waals surface area (Å²) in [6, 6.07) is 11.1. The zero-order chi connectivity index (χ0) is 18.8. The van der Waals surface area contributed by atoms with Crippen molar-refractivity contribution in [2.75, 3.05) is 0 Å². The monoisotopic (exact) mass is 395 g/mol. The Balaban J connectivity index is 1.77. The summed E-state index contributed by atoms with van der Waals surface area (Å²) in [5.41, 5.74) is 1.28. The van der Waals surface area contributed by atoms with Gasteiger partial charge in [-0.25, -0.2) is 9.97 Å². The van der Waals surface area contributed by atoms with E-state index in [-0.39, 0.29) is 5.56 Å². The first-order chi connectivity index (χ1) is 13.1. The fraction of sp³-hybridized carbons (Fsp3) is 0.211. The maximum Gasteiger partial charge on any atom is 0.266 e. The van der Waals surface area contributed by atoms with Crippen molar-refractivity contribution < 1.29 is 0 Å². The van der Waals surface area contributed by atoms with Crippen molar-refractivity contribution in [3.63, 3.8) is 0 Å². The van der Waals surface area contributed by atoms with Crippen LogP contribution in [0.15, 0.2) is 58.7 Å². The molecule has 0 amide bonds. The summed E-state index contributed by atoms with van der Waals surface area (Å²) in [5, 5.41) is 2.13. The summed E-state index contributed by atoms with van der Waals surface area (Å²) in [5.74, 6) is 1.76. The number of aromatic nitrogens is 5. The van der Waals surface area contributed by atoms with E-state index in [0.29, 0.717) is 33.4 Å². The molecule has 0 aliphatic rings. The van der Waals surface area contributed by atoms with E-state index in [2.05, 4.69) is 28.2 Å². The van der Waals surface area contributed by atoms with Crippen molar-refractivity contribution in [3.8, 4) is 5.69 Å². The molecule has 0 saturated carbocycles. The van der Waals surface area contributed by atoms with Gasteiger partial charge in [-0.3, -0.25) is 14.3 Å². The van der Waals surface area contributed by atoms with Gasteiger partial charge in [-0.15, -0.1) is 0 Å². The molecule has 1 aromatic carbocycles. The second-order valence-electron chi connectivity index (χ2n) is 6.25. The Labute approximate surface area is 164 Å². The summed E-state index contributed by atoms with van der Waals surface area (Å²) in [6.07, 6.45) is 3.36. The molecule has 0 spiro atoms. The summed E-state index contributed by atoms with van der Waals surface area (Å²) < 4.78 is 6.01. The lowest BCUT2D eigenvalue weighted by Crippen LogP contribution is -2.21. The minimum absolute atomic E-state index is 0.101. The van der Waals surface area contributed by atoms with E-state index < -0.39 is 0 Å². The van der Waals surface area contributed by atoms with Gasteiger partial charge in [0.25, 0.3) is 5.56 Å². The van der Waals surface area contributed by atoms with Gasteiger partial charge < -0.3 is 0 Å². The first kappa shape index (κ1) is 17.8. The number of fused-ring (bicyclic) bond motifs is 1. The SMILES string of the molecule is CC(C)c1nsc(CSc2nc3ccccc3c(=O)n2-c2cccnc2)n1. The Morgan fingerprint density at radius 3 is 2.74 bits per heavy atom. The van der Waals surface area contributed by atoms with Crippen LogP contribution in [0, 0.1) is 0 Å².